The molecule has 106 valence electrons. The summed E-state index contributed by atoms with van der Waals surface area (Å²) in [6, 6.07) is 2.55. The van der Waals surface area contributed by atoms with Crippen LogP contribution in [0.15, 0.2) is 10.6 Å². The van der Waals surface area contributed by atoms with Crippen LogP contribution in [0, 0.1) is 12.8 Å². The number of aliphatic hydroxyl groups excluding tert-OH is 1. The molecule has 1 aliphatic carbocycles. The number of hydrogen-bond donors (Lipinski definition) is 1. The zero-order valence-corrected chi connectivity index (χ0v) is 11.7. The van der Waals surface area contributed by atoms with Gasteiger partial charge in [0.05, 0.1) is 18.3 Å². The Morgan fingerprint density at radius 1 is 1.32 bits per heavy atom. The lowest BCUT2D eigenvalue weighted by Crippen LogP contribution is -2.45. The molecule has 3 atom stereocenters. The molecule has 0 aromatic carbocycles. The lowest BCUT2D eigenvalue weighted by atomic mass is 9.87. The minimum absolute atomic E-state index is 0.0953. The summed E-state index contributed by atoms with van der Waals surface area (Å²) >= 11 is 0. The molecule has 0 bridgehead atoms. The number of likely N-dealkylation sites (tertiary alicyclic amines) is 1. The molecule has 0 spiro atoms. The topological polar surface area (TPSA) is 49.5 Å². The highest BCUT2D eigenvalue weighted by atomic mass is 16.5. The van der Waals surface area contributed by atoms with E-state index in [1.165, 1.54) is 32.1 Å². The molecular weight excluding hydrogens is 240 g/mol. The largest absolute Gasteiger partial charge is 0.393 e. The molecule has 0 radical (unpaired) electrons. The van der Waals surface area contributed by atoms with E-state index in [1.54, 1.807) is 0 Å². The van der Waals surface area contributed by atoms with Crippen molar-refractivity contribution in [1.29, 1.82) is 0 Å². The fourth-order valence-corrected chi connectivity index (χ4v) is 3.81. The second-order valence-corrected chi connectivity index (χ2v) is 6.13. The Bertz CT molecular complexity index is 418. The van der Waals surface area contributed by atoms with Crippen LogP contribution in [-0.4, -0.2) is 33.9 Å². The molecule has 4 nitrogen and oxygen atoms in total. The van der Waals surface area contributed by atoms with Crippen LogP contribution in [0.1, 0.15) is 50.0 Å². The van der Waals surface area contributed by atoms with Crippen molar-refractivity contribution in [2.45, 2.75) is 64.1 Å². The molecule has 1 aromatic rings. The van der Waals surface area contributed by atoms with Crippen molar-refractivity contribution < 1.29 is 9.63 Å². The van der Waals surface area contributed by atoms with Gasteiger partial charge in [0.15, 0.2) is 5.76 Å². The molecule has 3 unspecified atom stereocenters. The number of rotatable bonds is 3. The van der Waals surface area contributed by atoms with Crippen molar-refractivity contribution in [3.63, 3.8) is 0 Å². The van der Waals surface area contributed by atoms with Crippen molar-refractivity contribution in [2.24, 2.45) is 5.92 Å². The minimum atomic E-state index is -0.0953. The minimum Gasteiger partial charge on any atom is -0.393 e. The third-order valence-electron chi connectivity index (χ3n) is 4.73. The van der Waals surface area contributed by atoms with Gasteiger partial charge in [-0.15, -0.1) is 0 Å². The summed E-state index contributed by atoms with van der Waals surface area (Å²) in [4.78, 5) is 2.50. The van der Waals surface area contributed by atoms with Crippen LogP contribution < -0.4 is 0 Å². The van der Waals surface area contributed by atoms with Crippen molar-refractivity contribution in [3.8, 4) is 0 Å². The number of nitrogens with zero attached hydrogens (tertiary/aromatic N) is 2. The third-order valence-corrected chi connectivity index (χ3v) is 4.73. The van der Waals surface area contributed by atoms with E-state index < -0.39 is 0 Å². The SMILES string of the molecule is Cc1cc(CN2CCCCC2C2CCCC2O)on1. The molecular formula is C15H24N2O2. The summed E-state index contributed by atoms with van der Waals surface area (Å²) in [5, 5.41) is 14.1. The predicted molar refractivity (Wildman–Crippen MR) is 72.6 cm³/mol. The first-order valence-corrected chi connectivity index (χ1v) is 7.58. The van der Waals surface area contributed by atoms with Gasteiger partial charge in [-0.1, -0.05) is 18.0 Å². The first-order valence-electron chi connectivity index (χ1n) is 7.58. The smallest absolute Gasteiger partial charge is 0.150 e. The van der Waals surface area contributed by atoms with Gasteiger partial charge in [-0.3, -0.25) is 4.90 Å². The van der Waals surface area contributed by atoms with Crippen molar-refractivity contribution in [3.05, 3.63) is 17.5 Å². The van der Waals surface area contributed by atoms with Gasteiger partial charge in [-0.25, -0.2) is 0 Å². The van der Waals surface area contributed by atoms with Gasteiger partial charge in [-0.05, 0) is 39.2 Å². The molecule has 2 aliphatic rings. The zero-order chi connectivity index (χ0) is 13.2. The Morgan fingerprint density at radius 2 is 2.21 bits per heavy atom. The van der Waals surface area contributed by atoms with Crippen molar-refractivity contribution in [2.75, 3.05) is 6.54 Å². The zero-order valence-electron chi connectivity index (χ0n) is 11.7. The van der Waals surface area contributed by atoms with E-state index in [0.717, 1.165) is 31.0 Å². The van der Waals surface area contributed by atoms with Gasteiger partial charge in [0, 0.05) is 18.0 Å². The summed E-state index contributed by atoms with van der Waals surface area (Å²) in [6.07, 6.45) is 7.01. The predicted octanol–water partition coefficient (Wildman–Crippen LogP) is 2.50. The Hall–Kier alpha value is -0.870. The van der Waals surface area contributed by atoms with Crippen LogP contribution >= 0.6 is 0 Å². The van der Waals surface area contributed by atoms with E-state index in [9.17, 15) is 5.11 Å². The van der Waals surface area contributed by atoms with Crippen molar-refractivity contribution >= 4 is 0 Å². The molecule has 1 aromatic heterocycles. The quantitative estimate of drug-likeness (QED) is 0.911. The maximum atomic E-state index is 10.2. The highest BCUT2D eigenvalue weighted by Crippen LogP contribution is 2.35. The normalized spacial score (nSPS) is 32.8. The van der Waals surface area contributed by atoms with E-state index in [-0.39, 0.29) is 6.10 Å². The molecule has 1 N–H and O–H groups in total. The molecule has 19 heavy (non-hydrogen) atoms. The number of aromatic nitrogens is 1. The molecule has 1 saturated carbocycles. The molecule has 1 aliphatic heterocycles. The Labute approximate surface area is 114 Å². The summed E-state index contributed by atoms with van der Waals surface area (Å²) in [7, 11) is 0. The van der Waals surface area contributed by atoms with E-state index in [1.807, 2.05) is 13.0 Å². The summed E-state index contributed by atoms with van der Waals surface area (Å²) in [5.74, 6) is 1.42. The van der Waals surface area contributed by atoms with Gasteiger partial charge in [-0.2, -0.15) is 0 Å². The van der Waals surface area contributed by atoms with Crippen molar-refractivity contribution in [1.82, 2.24) is 10.1 Å². The molecule has 2 fully saturated rings. The third kappa shape index (κ3) is 2.84. The Balaban J connectivity index is 1.70. The first kappa shape index (κ1) is 13.1. The maximum Gasteiger partial charge on any atom is 0.150 e. The van der Waals surface area contributed by atoms with Gasteiger partial charge < -0.3 is 9.63 Å². The number of piperidine rings is 1. The average molecular weight is 264 g/mol. The Morgan fingerprint density at radius 3 is 2.89 bits per heavy atom. The van der Waals surface area contributed by atoms with Crippen LogP contribution in [0.2, 0.25) is 0 Å². The van der Waals surface area contributed by atoms with Crippen LogP contribution in [0.25, 0.3) is 0 Å². The highest BCUT2D eigenvalue weighted by molar-refractivity contribution is 5.04. The van der Waals surface area contributed by atoms with Crippen LogP contribution in [0.3, 0.4) is 0 Å². The molecule has 3 rings (SSSR count). The lowest BCUT2D eigenvalue weighted by Gasteiger charge is -2.39. The second kappa shape index (κ2) is 5.63. The fourth-order valence-electron chi connectivity index (χ4n) is 3.81. The lowest BCUT2D eigenvalue weighted by molar-refractivity contribution is 0.0271. The van der Waals surface area contributed by atoms with E-state index >= 15 is 0 Å². The van der Waals surface area contributed by atoms with E-state index in [0.29, 0.717) is 12.0 Å². The summed E-state index contributed by atoms with van der Waals surface area (Å²) in [6.45, 7) is 3.92. The monoisotopic (exact) mass is 264 g/mol. The molecule has 0 amide bonds. The standard InChI is InChI=1S/C15H24N2O2/c1-11-9-12(19-16-11)10-17-8-3-2-6-14(17)13-5-4-7-15(13)18/h9,13-15,18H,2-8,10H2,1H3. The van der Waals surface area contributed by atoms with E-state index in [2.05, 4.69) is 10.1 Å². The van der Waals surface area contributed by atoms with Gasteiger partial charge >= 0.3 is 0 Å². The molecule has 1 saturated heterocycles. The number of aryl methyl sites for hydroxylation is 1. The van der Waals surface area contributed by atoms with Crippen LogP contribution in [0.5, 0.6) is 0 Å². The highest BCUT2D eigenvalue weighted by Gasteiger charge is 2.37. The van der Waals surface area contributed by atoms with Crippen LogP contribution in [-0.2, 0) is 6.54 Å². The molecule has 4 heteroatoms. The summed E-state index contributed by atoms with van der Waals surface area (Å²) in [5.41, 5.74) is 0.949. The maximum absolute atomic E-state index is 10.2. The van der Waals surface area contributed by atoms with Gasteiger partial charge in [0.25, 0.3) is 0 Å². The van der Waals surface area contributed by atoms with Gasteiger partial charge in [0.2, 0.25) is 0 Å². The van der Waals surface area contributed by atoms with Gasteiger partial charge in [0.1, 0.15) is 0 Å². The molecule has 2 heterocycles. The average Bonchev–Trinajstić information content (AvgIpc) is 2.99. The number of aliphatic hydroxyl groups is 1. The Kier molecular flexibility index (Phi) is 3.89. The first-order chi connectivity index (χ1) is 9.24. The second-order valence-electron chi connectivity index (χ2n) is 6.13. The summed E-state index contributed by atoms with van der Waals surface area (Å²) < 4.78 is 5.35. The van der Waals surface area contributed by atoms with Crippen LogP contribution in [0.4, 0.5) is 0 Å². The fraction of sp³-hybridized carbons (Fsp3) is 0.800. The number of hydrogen-bond acceptors (Lipinski definition) is 4. The van der Waals surface area contributed by atoms with E-state index in [4.69, 9.17) is 4.52 Å².